The molecule has 2 aromatic rings. The monoisotopic (exact) mass is 499 g/mol. The smallest absolute Gasteiger partial charge is 0.304 e. The number of nitrogens with one attached hydrogen (secondary N) is 1. The summed E-state index contributed by atoms with van der Waals surface area (Å²) >= 11 is 5.92. The number of rotatable bonds is 11. The Hall–Kier alpha value is -3.90. The van der Waals surface area contributed by atoms with E-state index in [0.717, 1.165) is 18.9 Å². The van der Waals surface area contributed by atoms with Crippen molar-refractivity contribution in [3.05, 3.63) is 59.7 Å². The van der Waals surface area contributed by atoms with Crippen LogP contribution < -0.4 is 10.2 Å². The van der Waals surface area contributed by atoms with Gasteiger partial charge in [-0.1, -0.05) is 19.1 Å². The van der Waals surface area contributed by atoms with Crippen LogP contribution in [0.2, 0.25) is 0 Å². The molecule has 0 heterocycles. The number of hydrogen-bond donors (Lipinski definition) is 2. The number of alkyl halides is 1. The molecule has 2 aromatic carbocycles. The summed E-state index contributed by atoms with van der Waals surface area (Å²) in [7, 11) is 0. The van der Waals surface area contributed by atoms with E-state index >= 15 is 0 Å². The average molecular weight is 500 g/mol. The summed E-state index contributed by atoms with van der Waals surface area (Å²) in [6.07, 6.45) is -1.69. The molecule has 0 aliphatic carbocycles. The van der Waals surface area contributed by atoms with E-state index in [1.165, 1.54) is 29.2 Å². The fourth-order valence-electron chi connectivity index (χ4n) is 3.39. The third-order valence-corrected chi connectivity index (χ3v) is 5.31. The highest BCUT2D eigenvalue weighted by molar-refractivity contribution is 6.18. The number of aliphatic carboxylic acids is 1. The van der Waals surface area contributed by atoms with Gasteiger partial charge in [0.1, 0.15) is 0 Å². The summed E-state index contributed by atoms with van der Waals surface area (Å²) in [5.41, 5.74) is 2.15. The maximum absolute atomic E-state index is 13.6. The molecule has 2 N–H and O–H groups in total. The van der Waals surface area contributed by atoms with Crippen molar-refractivity contribution in [3.63, 3.8) is 0 Å². The number of amides is 2. The summed E-state index contributed by atoms with van der Waals surface area (Å²) in [4.78, 5) is 51.4. The molecule has 9 nitrogen and oxygen atoms in total. The Morgan fingerprint density at radius 1 is 1.11 bits per heavy atom. The third-order valence-electron chi connectivity index (χ3n) is 5.15. The van der Waals surface area contributed by atoms with Gasteiger partial charge in [-0.25, -0.2) is 0 Å². The zero-order valence-corrected chi connectivity index (χ0v) is 20.1. The molecule has 0 radical (unpaired) electrons. The maximum atomic E-state index is 13.6. The van der Waals surface area contributed by atoms with Crippen molar-refractivity contribution in [3.8, 4) is 6.07 Å². The predicted molar refractivity (Wildman–Crippen MR) is 130 cm³/mol. The van der Waals surface area contributed by atoms with Crippen molar-refractivity contribution in [2.24, 2.45) is 5.92 Å². The Labute approximate surface area is 208 Å². The number of halogens is 1. The van der Waals surface area contributed by atoms with Crippen molar-refractivity contribution in [1.29, 1.82) is 5.26 Å². The van der Waals surface area contributed by atoms with Crippen LogP contribution in [-0.2, 0) is 30.3 Å². The van der Waals surface area contributed by atoms with Gasteiger partial charge in [0.15, 0.2) is 6.10 Å². The standard InChI is InChI=1S/C25H26ClN3O6/c1-3-17-6-10-20(11-7-17)29(13-12-26)25(34)23(35-16(2)30)21(14-22(31)32)24(33)28-19-8-4-18(15-27)5-9-19/h4-11,21,23H,3,12-14H2,1-2H3,(H,28,33)(H,31,32)/t21-,23-/m1/s1. The number of hydrogen-bond acceptors (Lipinski definition) is 6. The third kappa shape index (κ3) is 7.83. The number of carbonyl (C=O) groups excluding carboxylic acids is 3. The Bertz CT molecular complexity index is 1100. The molecule has 10 heteroatoms. The van der Waals surface area contributed by atoms with Gasteiger partial charge in [0, 0.05) is 30.7 Å². The van der Waals surface area contributed by atoms with Gasteiger partial charge in [0.05, 0.1) is 24.0 Å². The Balaban J connectivity index is 2.43. The van der Waals surface area contributed by atoms with E-state index in [4.69, 9.17) is 21.6 Å². The van der Waals surface area contributed by atoms with Crippen molar-refractivity contribution in [1.82, 2.24) is 0 Å². The highest BCUT2D eigenvalue weighted by Crippen LogP contribution is 2.24. The van der Waals surface area contributed by atoms with E-state index in [0.29, 0.717) is 11.3 Å². The van der Waals surface area contributed by atoms with Crippen LogP contribution in [0.15, 0.2) is 48.5 Å². The van der Waals surface area contributed by atoms with Crippen LogP contribution in [0.5, 0.6) is 0 Å². The zero-order chi connectivity index (χ0) is 26.0. The largest absolute Gasteiger partial charge is 0.481 e. The second kappa shape index (κ2) is 13.1. The Kier molecular flexibility index (Phi) is 10.2. The first kappa shape index (κ1) is 27.3. The van der Waals surface area contributed by atoms with E-state index in [2.05, 4.69) is 5.32 Å². The van der Waals surface area contributed by atoms with Crippen LogP contribution in [0, 0.1) is 17.2 Å². The number of carbonyl (C=O) groups is 4. The van der Waals surface area contributed by atoms with Gasteiger partial charge in [-0.2, -0.15) is 5.26 Å². The Morgan fingerprint density at radius 2 is 1.74 bits per heavy atom. The molecule has 0 aromatic heterocycles. The molecule has 184 valence electrons. The first-order chi connectivity index (χ1) is 16.7. The first-order valence-electron chi connectivity index (χ1n) is 10.9. The van der Waals surface area contributed by atoms with Crippen molar-refractivity contribution in [2.45, 2.75) is 32.8 Å². The highest BCUT2D eigenvalue weighted by atomic mass is 35.5. The van der Waals surface area contributed by atoms with Gasteiger partial charge < -0.3 is 20.1 Å². The van der Waals surface area contributed by atoms with Crippen LogP contribution in [0.25, 0.3) is 0 Å². The number of anilines is 2. The van der Waals surface area contributed by atoms with Gasteiger partial charge in [-0.05, 0) is 48.4 Å². The molecule has 0 saturated heterocycles. The number of esters is 1. The van der Waals surface area contributed by atoms with Crippen LogP contribution in [-0.4, -0.2) is 47.4 Å². The van der Waals surface area contributed by atoms with E-state index < -0.39 is 42.2 Å². The molecule has 0 spiro atoms. The fraction of sp³-hybridized carbons (Fsp3) is 0.320. The predicted octanol–water partition coefficient (Wildman–Crippen LogP) is 3.35. The molecule has 2 amide bonds. The van der Waals surface area contributed by atoms with Gasteiger partial charge in [0.25, 0.3) is 5.91 Å². The second-order valence-electron chi connectivity index (χ2n) is 7.61. The zero-order valence-electron chi connectivity index (χ0n) is 19.4. The average Bonchev–Trinajstić information content (AvgIpc) is 2.84. The molecule has 0 bridgehead atoms. The van der Waals surface area contributed by atoms with E-state index in [1.54, 1.807) is 12.1 Å². The summed E-state index contributed by atoms with van der Waals surface area (Å²) < 4.78 is 5.22. The minimum atomic E-state index is -1.71. The molecule has 0 aliphatic rings. The number of carboxylic acid groups (broad SMARTS) is 1. The maximum Gasteiger partial charge on any atom is 0.304 e. The summed E-state index contributed by atoms with van der Waals surface area (Å²) in [6.45, 7) is 3.09. The summed E-state index contributed by atoms with van der Waals surface area (Å²) in [5, 5.41) is 20.9. The molecular formula is C25H26ClN3O6. The second-order valence-corrected chi connectivity index (χ2v) is 7.99. The van der Waals surface area contributed by atoms with Gasteiger partial charge in [-0.3, -0.25) is 19.2 Å². The first-order valence-corrected chi connectivity index (χ1v) is 11.4. The number of nitriles is 1. The Morgan fingerprint density at radius 3 is 2.23 bits per heavy atom. The minimum absolute atomic E-state index is 0.0423. The quantitative estimate of drug-likeness (QED) is 0.357. The van der Waals surface area contributed by atoms with Crippen molar-refractivity contribution in [2.75, 3.05) is 22.6 Å². The van der Waals surface area contributed by atoms with Gasteiger partial charge in [-0.15, -0.1) is 11.6 Å². The topological polar surface area (TPSA) is 137 Å². The van der Waals surface area contributed by atoms with Crippen molar-refractivity contribution < 1.29 is 29.0 Å². The molecule has 35 heavy (non-hydrogen) atoms. The van der Waals surface area contributed by atoms with Crippen LogP contribution in [0.1, 0.15) is 31.4 Å². The van der Waals surface area contributed by atoms with Gasteiger partial charge in [0.2, 0.25) is 5.91 Å². The molecule has 0 saturated carbocycles. The van der Waals surface area contributed by atoms with E-state index in [9.17, 15) is 24.3 Å². The van der Waals surface area contributed by atoms with Crippen molar-refractivity contribution >= 4 is 46.7 Å². The number of benzene rings is 2. The molecule has 2 atom stereocenters. The lowest BCUT2D eigenvalue weighted by Crippen LogP contribution is -2.49. The summed E-state index contributed by atoms with van der Waals surface area (Å²) in [6, 6.07) is 14.9. The van der Waals surface area contributed by atoms with E-state index in [1.807, 2.05) is 25.1 Å². The summed E-state index contributed by atoms with van der Waals surface area (Å²) in [5.74, 6) is -5.29. The molecular weight excluding hydrogens is 474 g/mol. The highest BCUT2D eigenvalue weighted by Gasteiger charge is 2.40. The van der Waals surface area contributed by atoms with Crippen LogP contribution in [0.3, 0.4) is 0 Å². The molecule has 0 aliphatic heterocycles. The number of ether oxygens (including phenoxy) is 1. The molecule has 0 fully saturated rings. The van der Waals surface area contributed by atoms with Crippen LogP contribution >= 0.6 is 11.6 Å². The lowest BCUT2D eigenvalue weighted by molar-refractivity contribution is -0.160. The lowest BCUT2D eigenvalue weighted by atomic mass is 9.95. The fourth-order valence-corrected chi connectivity index (χ4v) is 3.56. The minimum Gasteiger partial charge on any atom is -0.481 e. The molecule has 2 rings (SSSR count). The number of nitrogens with zero attached hydrogens (tertiary/aromatic N) is 2. The SMILES string of the molecule is CCc1ccc(N(CCCl)C(=O)[C@H](OC(C)=O)[C@@H](CC(=O)O)C(=O)Nc2ccc(C#N)cc2)cc1. The lowest BCUT2D eigenvalue weighted by Gasteiger charge is -2.30. The van der Waals surface area contributed by atoms with E-state index in [-0.39, 0.29) is 18.1 Å². The normalized spacial score (nSPS) is 12.1. The van der Waals surface area contributed by atoms with Crippen LogP contribution in [0.4, 0.5) is 11.4 Å². The molecule has 0 unspecified atom stereocenters. The number of aryl methyl sites for hydroxylation is 1. The van der Waals surface area contributed by atoms with Gasteiger partial charge >= 0.3 is 11.9 Å². The number of carboxylic acids is 1.